The van der Waals surface area contributed by atoms with E-state index in [9.17, 15) is 0 Å². The van der Waals surface area contributed by atoms with Gasteiger partial charge < -0.3 is 0 Å². The summed E-state index contributed by atoms with van der Waals surface area (Å²) >= 11 is 6.25. The van der Waals surface area contributed by atoms with Gasteiger partial charge in [-0.15, -0.1) is 0 Å². The zero-order valence-electron chi connectivity index (χ0n) is 11.8. The molecular weight excluding hydrogens is 268 g/mol. The summed E-state index contributed by atoms with van der Waals surface area (Å²) in [6.07, 6.45) is 7.51. The number of nitrogens with zero attached hydrogens (tertiary/aromatic N) is 2. The summed E-state index contributed by atoms with van der Waals surface area (Å²) in [5, 5.41) is 0.589. The fourth-order valence-electron chi connectivity index (χ4n) is 2.79. The maximum atomic E-state index is 6.25. The highest BCUT2D eigenvalue weighted by Crippen LogP contribution is 2.38. The average molecular weight is 287 g/mol. The Kier molecular flexibility index (Phi) is 4.02. The van der Waals surface area contributed by atoms with Gasteiger partial charge in [-0.25, -0.2) is 9.97 Å². The van der Waals surface area contributed by atoms with Gasteiger partial charge in [0.2, 0.25) is 0 Å². The fraction of sp³-hybridized carbons (Fsp3) is 0.412. The Morgan fingerprint density at radius 1 is 1.25 bits per heavy atom. The molecule has 3 rings (SSSR count). The van der Waals surface area contributed by atoms with Crippen molar-refractivity contribution in [2.24, 2.45) is 0 Å². The predicted molar refractivity (Wildman–Crippen MR) is 83.1 cm³/mol. The molecule has 2 nitrogen and oxygen atoms in total. The molecular formula is C17H19ClN2. The predicted octanol–water partition coefficient (Wildman–Crippen LogP) is 5.02. The van der Waals surface area contributed by atoms with Gasteiger partial charge in [-0.1, -0.05) is 49.6 Å². The third kappa shape index (κ3) is 2.57. The lowest BCUT2D eigenvalue weighted by atomic mass is 9.79. The van der Waals surface area contributed by atoms with Crippen LogP contribution in [0, 0.1) is 0 Å². The second kappa shape index (κ2) is 5.92. The molecule has 1 aliphatic carbocycles. The first-order chi connectivity index (χ1) is 9.79. The van der Waals surface area contributed by atoms with E-state index in [2.05, 4.69) is 41.2 Å². The monoisotopic (exact) mass is 286 g/mol. The van der Waals surface area contributed by atoms with Gasteiger partial charge in [0.25, 0.3) is 0 Å². The minimum absolute atomic E-state index is 0.589. The summed E-state index contributed by atoms with van der Waals surface area (Å²) in [6, 6.07) is 8.77. The van der Waals surface area contributed by atoms with Crippen LogP contribution in [-0.2, 0) is 6.42 Å². The fourth-order valence-corrected chi connectivity index (χ4v) is 3.02. The number of hydrogen-bond donors (Lipinski definition) is 0. The SMILES string of the molecule is CCCc1c(Cl)ncnc1-c1cccc(C2CCC2)c1. The lowest BCUT2D eigenvalue weighted by Gasteiger charge is -2.26. The molecule has 0 bridgehead atoms. The molecule has 1 aliphatic rings. The lowest BCUT2D eigenvalue weighted by molar-refractivity contribution is 0.420. The molecule has 0 aliphatic heterocycles. The molecule has 0 amide bonds. The molecule has 1 saturated carbocycles. The average Bonchev–Trinajstić information content (AvgIpc) is 2.40. The standard InChI is InChI=1S/C17H19ClN2/c1-2-5-15-16(19-11-20-17(15)18)14-9-4-8-13(10-14)12-6-3-7-12/h4,8-12H,2-3,5-7H2,1H3. The van der Waals surface area contributed by atoms with Crippen LogP contribution in [0.4, 0.5) is 0 Å². The van der Waals surface area contributed by atoms with Crippen molar-refractivity contribution < 1.29 is 0 Å². The van der Waals surface area contributed by atoms with Crippen LogP contribution in [0.3, 0.4) is 0 Å². The Bertz CT molecular complexity index is 606. The summed E-state index contributed by atoms with van der Waals surface area (Å²) in [5.74, 6) is 0.738. The Morgan fingerprint density at radius 3 is 2.80 bits per heavy atom. The third-order valence-corrected chi connectivity index (χ3v) is 4.46. The largest absolute Gasteiger partial charge is 0.236 e. The molecule has 0 atom stereocenters. The van der Waals surface area contributed by atoms with Crippen molar-refractivity contribution in [2.45, 2.75) is 44.9 Å². The van der Waals surface area contributed by atoms with E-state index in [1.54, 1.807) is 6.33 Å². The minimum Gasteiger partial charge on any atom is -0.236 e. The maximum absolute atomic E-state index is 6.25. The molecule has 20 heavy (non-hydrogen) atoms. The Labute approximate surface area is 125 Å². The van der Waals surface area contributed by atoms with Crippen molar-refractivity contribution >= 4 is 11.6 Å². The zero-order chi connectivity index (χ0) is 13.9. The van der Waals surface area contributed by atoms with Gasteiger partial charge in [0, 0.05) is 11.1 Å². The Hall–Kier alpha value is -1.41. The van der Waals surface area contributed by atoms with Crippen LogP contribution in [-0.4, -0.2) is 9.97 Å². The van der Waals surface area contributed by atoms with Gasteiger partial charge in [0.15, 0.2) is 0 Å². The van der Waals surface area contributed by atoms with Crippen LogP contribution in [0.2, 0.25) is 5.15 Å². The van der Waals surface area contributed by atoms with Crippen molar-refractivity contribution in [1.82, 2.24) is 9.97 Å². The van der Waals surface area contributed by atoms with Gasteiger partial charge in [-0.2, -0.15) is 0 Å². The molecule has 0 unspecified atom stereocenters. The molecule has 0 radical (unpaired) electrons. The second-order valence-electron chi connectivity index (χ2n) is 5.49. The van der Waals surface area contributed by atoms with E-state index in [0.717, 1.165) is 30.0 Å². The first-order valence-corrected chi connectivity index (χ1v) is 7.77. The highest BCUT2D eigenvalue weighted by molar-refractivity contribution is 6.30. The topological polar surface area (TPSA) is 25.8 Å². The highest BCUT2D eigenvalue weighted by Gasteiger charge is 2.20. The van der Waals surface area contributed by atoms with Crippen LogP contribution in [0.25, 0.3) is 11.3 Å². The van der Waals surface area contributed by atoms with Gasteiger partial charge in [-0.05, 0) is 36.8 Å². The first kappa shape index (κ1) is 13.6. The quantitative estimate of drug-likeness (QED) is 0.738. The van der Waals surface area contributed by atoms with E-state index >= 15 is 0 Å². The normalized spacial score (nSPS) is 15.1. The van der Waals surface area contributed by atoms with Crippen LogP contribution >= 0.6 is 11.6 Å². The van der Waals surface area contributed by atoms with Crippen molar-refractivity contribution in [3.05, 3.63) is 46.9 Å². The number of halogens is 1. The van der Waals surface area contributed by atoms with Gasteiger partial charge in [-0.3, -0.25) is 0 Å². The van der Waals surface area contributed by atoms with E-state index in [0.29, 0.717) is 5.15 Å². The van der Waals surface area contributed by atoms with Crippen LogP contribution in [0.5, 0.6) is 0 Å². The lowest BCUT2D eigenvalue weighted by Crippen LogP contribution is -2.08. The maximum Gasteiger partial charge on any atom is 0.136 e. The number of benzene rings is 1. The van der Waals surface area contributed by atoms with Crippen LogP contribution in [0.15, 0.2) is 30.6 Å². The summed E-state index contributed by atoms with van der Waals surface area (Å²) in [6.45, 7) is 2.15. The molecule has 1 aromatic carbocycles. The summed E-state index contributed by atoms with van der Waals surface area (Å²) in [4.78, 5) is 8.60. The summed E-state index contributed by atoms with van der Waals surface area (Å²) in [7, 11) is 0. The molecule has 3 heteroatoms. The summed E-state index contributed by atoms with van der Waals surface area (Å²) < 4.78 is 0. The van der Waals surface area contributed by atoms with E-state index in [-0.39, 0.29) is 0 Å². The van der Waals surface area contributed by atoms with Crippen molar-refractivity contribution in [1.29, 1.82) is 0 Å². The van der Waals surface area contributed by atoms with Gasteiger partial charge in [0.05, 0.1) is 5.69 Å². The number of aromatic nitrogens is 2. The third-order valence-electron chi connectivity index (χ3n) is 4.13. The summed E-state index contributed by atoms with van der Waals surface area (Å²) in [5.41, 5.74) is 4.67. The molecule has 0 spiro atoms. The molecule has 1 aromatic heterocycles. The number of hydrogen-bond acceptors (Lipinski definition) is 2. The van der Waals surface area contributed by atoms with Crippen LogP contribution < -0.4 is 0 Å². The second-order valence-corrected chi connectivity index (χ2v) is 5.85. The highest BCUT2D eigenvalue weighted by atomic mass is 35.5. The van der Waals surface area contributed by atoms with Crippen molar-refractivity contribution in [3.8, 4) is 11.3 Å². The Morgan fingerprint density at radius 2 is 2.10 bits per heavy atom. The van der Waals surface area contributed by atoms with Gasteiger partial charge in [0.1, 0.15) is 11.5 Å². The van der Waals surface area contributed by atoms with E-state index in [1.807, 2.05) is 0 Å². The first-order valence-electron chi connectivity index (χ1n) is 7.39. The van der Waals surface area contributed by atoms with Crippen molar-refractivity contribution in [2.75, 3.05) is 0 Å². The van der Waals surface area contributed by atoms with E-state index < -0.39 is 0 Å². The Balaban J connectivity index is 2.01. The molecule has 0 N–H and O–H groups in total. The smallest absolute Gasteiger partial charge is 0.136 e. The molecule has 104 valence electrons. The van der Waals surface area contributed by atoms with Crippen LogP contribution in [0.1, 0.15) is 49.7 Å². The van der Waals surface area contributed by atoms with E-state index in [1.165, 1.54) is 30.4 Å². The van der Waals surface area contributed by atoms with Gasteiger partial charge >= 0.3 is 0 Å². The minimum atomic E-state index is 0.589. The molecule has 1 fully saturated rings. The number of rotatable bonds is 4. The van der Waals surface area contributed by atoms with E-state index in [4.69, 9.17) is 11.6 Å². The molecule has 0 saturated heterocycles. The molecule has 1 heterocycles. The molecule has 2 aromatic rings. The zero-order valence-corrected chi connectivity index (χ0v) is 12.5. The van der Waals surface area contributed by atoms with Crippen molar-refractivity contribution in [3.63, 3.8) is 0 Å².